The predicted molar refractivity (Wildman–Crippen MR) is 105 cm³/mol. The normalized spacial score (nSPS) is 11.0. The molecular weight excluding hydrogens is 410 g/mol. The van der Waals surface area contributed by atoms with Gasteiger partial charge in [0.1, 0.15) is 4.90 Å². The molecule has 0 bridgehead atoms. The molecule has 0 fully saturated rings. The van der Waals surface area contributed by atoms with Crippen molar-refractivity contribution in [3.8, 4) is 0 Å². The Labute approximate surface area is 166 Å². The van der Waals surface area contributed by atoms with Gasteiger partial charge in [0.25, 0.3) is 5.91 Å². The highest BCUT2D eigenvalue weighted by atomic mass is 35.5. The van der Waals surface area contributed by atoms with E-state index >= 15 is 0 Å². The smallest absolute Gasteiger partial charge is 0.269 e. The molecule has 2 rings (SSSR count). The first-order valence-electron chi connectivity index (χ1n) is 7.87. The van der Waals surface area contributed by atoms with Crippen molar-refractivity contribution in [3.63, 3.8) is 0 Å². The third-order valence-electron chi connectivity index (χ3n) is 3.38. The van der Waals surface area contributed by atoms with Crippen LogP contribution in [0.1, 0.15) is 23.2 Å². The SMILES string of the molecule is NS(=O)(=O)c1cc(C(=O)NNC(=O)CCCSc2ccccc2)ccc1Cl. The molecule has 0 aliphatic heterocycles. The van der Waals surface area contributed by atoms with Crippen LogP contribution >= 0.6 is 23.4 Å². The van der Waals surface area contributed by atoms with Gasteiger partial charge in [0.05, 0.1) is 5.02 Å². The van der Waals surface area contributed by atoms with Gasteiger partial charge in [-0.25, -0.2) is 13.6 Å². The first-order valence-corrected chi connectivity index (χ1v) is 10.8. The molecule has 0 radical (unpaired) electrons. The molecule has 27 heavy (non-hydrogen) atoms. The number of amides is 2. The quantitative estimate of drug-likeness (QED) is 0.356. The van der Waals surface area contributed by atoms with Crippen molar-refractivity contribution < 1.29 is 18.0 Å². The largest absolute Gasteiger partial charge is 0.273 e. The summed E-state index contributed by atoms with van der Waals surface area (Å²) in [5.41, 5.74) is 4.53. The fourth-order valence-corrected chi connectivity index (χ4v) is 4.01. The average Bonchev–Trinajstić information content (AvgIpc) is 2.63. The first kappa shape index (κ1) is 21.2. The lowest BCUT2D eigenvalue weighted by atomic mass is 10.2. The van der Waals surface area contributed by atoms with Crippen molar-refractivity contribution in [2.24, 2.45) is 5.14 Å². The zero-order valence-corrected chi connectivity index (χ0v) is 16.5. The summed E-state index contributed by atoms with van der Waals surface area (Å²) >= 11 is 7.41. The molecule has 144 valence electrons. The molecule has 0 saturated carbocycles. The number of hydrazine groups is 1. The minimum absolute atomic E-state index is 0.00311. The fourth-order valence-electron chi connectivity index (χ4n) is 2.06. The molecule has 4 N–H and O–H groups in total. The van der Waals surface area contributed by atoms with Crippen molar-refractivity contribution >= 4 is 45.2 Å². The Hall–Kier alpha value is -2.07. The van der Waals surface area contributed by atoms with Crippen LogP contribution in [0.5, 0.6) is 0 Å². The lowest BCUT2D eigenvalue weighted by molar-refractivity contribution is -0.121. The Kier molecular flexibility index (Phi) is 7.66. The number of halogens is 1. The number of rotatable bonds is 7. The fraction of sp³-hybridized carbons (Fsp3) is 0.176. The summed E-state index contributed by atoms with van der Waals surface area (Å²) in [4.78, 5) is 24.6. The van der Waals surface area contributed by atoms with Gasteiger partial charge in [-0.1, -0.05) is 29.8 Å². The van der Waals surface area contributed by atoms with Crippen molar-refractivity contribution in [2.75, 3.05) is 5.75 Å². The Bertz CT molecular complexity index is 921. The molecule has 7 nitrogen and oxygen atoms in total. The van der Waals surface area contributed by atoms with Gasteiger partial charge in [0.2, 0.25) is 15.9 Å². The number of nitrogens with two attached hydrogens (primary N) is 1. The molecule has 10 heteroatoms. The van der Waals surface area contributed by atoms with Crippen LogP contribution in [0, 0.1) is 0 Å². The zero-order chi connectivity index (χ0) is 19.9. The Balaban J connectivity index is 1.79. The van der Waals surface area contributed by atoms with Crippen LogP contribution in [0.15, 0.2) is 58.3 Å². The molecular formula is C17H18ClN3O4S2. The zero-order valence-electron chi connectivity index (χ0n) is 14.1. The van der Waals surface area contributed by atoms with Gasteiger partial charge in [-0.05, 0) is 42.5 Å². The maximum Gasteiger partial charge on any atom is 0.269 e. The number of thioether (sulfide) groups is 1. The van der Waals surface area contributed by atoms with Gasteiger partial charge < -0.3 is 0 Å². The summed E-state index contributed by atoms with van der Waals surface area (Å²) in [6.07, 6.45) is 0.876. The van der Waals surface area contributed by atoms with E-state index in [9.17, 15) is 18.0 Å². The number of carbonyl (C=O) groups excluding carboxylic acids is 2. The number of hydrogen-bond acceptors (Lipinski definition) is 5. The first-order chi connectivity index (χ1) is 12.8. The molecule has 0 spiro atoms. The molecule has 0 aliphatic carbocycles. The highest BCUT2D eigenvalue weighted by Gasteiger charge is 2.16. The number of sulfonamides is 1. The third-order valence-corrected chi connectivity index (χ3v) is 5.87. The Morgan fingerprint density at radius 3 is 2.44 bits per heavy atom. The van der Waals surface area contributed by atoms with Gasteiger partial charge in [-0.3, -0.25) is 20.4 Å². The molecule has 2 amide bonds. The van der Waals surface area contributed by atoms with Crippen molar-refractivity contribution in [1.29, 1.82) is 0 Å². The van der Waals surface area contributed by atoms with E-state index in [2.05, 4.69) is 10.9 Å². The summed E-state index contributed by atoms with van der Waals surface area (Å²) in [5.74, 6) is -0.262. The van der Waals surface area contributed by atoms with Gasteiger partial charge in [-0.2, -0.15) is 0 Å². The van der Waals surface area contributed by atoms with E-state index in [0.29, 0.717) is 6.42 Å². The monoisotopic (exact) mass is 427 g/mol. The number of nitrogens with one attached hydrogen (secondary N) is 2. The standard InChI is InChI=1S/C17H18ClN3O4S2/c18-14-9-8-12(11-15(14)27(19,24)25)17(23)21-20-16(22)7-4-10-26-13-5-2-1-3-6-13/h1-3,5-6,8-9,11H,4,7,10H2,(H,20,22)(H,21,23)(H2,19,24,25). The maximum atomic E-state index is 12.0. The Morgan fingerprint density at radius 2 is 1.78 bits per heavy atom. The number of hydrogen-bond donors (Lipinski definition) is 3. The molecule has 2 aromatic carbocycles. The molecule has 2 aromatic rings. The predicted octanol–water partition coefficient (Wildman–Crippen LogP) is 2.32. The lowest BCUT2D eigenvalue weighted by Gasteiger charge is -2.09. The Morgan fingerprint density at radius 1 is 1.07 bits per heavy atom. The summed E-state index contributed by atoms with van der Waals surface area (Å²) < 4.78 is 22.9. The van der Waals surface area contributed by atoms with Gasteiger partial charge >= 0.3 is 0 Å². The van der Waals surface area contributed by atoms with E-state index in [4.69, 9.17) is 16.7 Å². The van der Waals surface area contributed by atoms with Crippen molar-refractivity contribution in [1.82, 2.24) is 10.9 Å². The van der Waals surface area contributed by atoms with Crippen LogP contribution in [0.2, 0.25) is 5.02 Å². The second-order valence-corrected chi connectivity index (χ2v) is 8.56. The number of carbonyl (C=O) groups is 2. The van der Waals surface area contributed by atoms with Crippen molar-refractivity contribution in [3.05, 3.63) is 59.1 Å². The second kappa shape index (κ2) is 9.75. The van der Waals surface area contributed by atoms with Crippen LogP contribution in [-0.2, 0) is 14.8 Å². The van der Waals surface area contributed by atoms with Gasteiger partial charge in [0.15, 0.2) is 0 Å². The third kappa shape index (κ3) is 6.87. The molecule has 0 unspecified atom stereocenters. The number of benzene rings is 2. The second-order valence-electron chi connectivity index (χ2n) is 5.46. The van der Waals surface area contributed by atoms with E-state index in [-0.39, 0.29) is 27.8 Å². The van der Waals surface area contributed by atoms with Crippen LogP contribution in [0.25, 0.3) is 0 Å². The molecule has 0 atom stereocenters. The van der Waals surface area contributed by atoms with Crippen LogP contribution in [0.4, 0.5) is 0 Å². The highest BCUT2D eigenvalue weighted by Crippen LogP contribution is 2.21. The van der Waals surface area contributed by atoms with Gasteiger partial charge in [-0.15, -0.1) is 11.8 Å². The molecule has 0 aliphatic rings. The topological polar surface area (TPSA) is 118 Å². The molecule has 0 saturated heterocycles. The van der Waals surface area contributed by atoms with E-state index in [0.717, 1.165) is 16.7 Å². The lowest BCUT2D eigenvalue weighted by Crippen LogP contribution is -2.41. The van der Waals surface area contributed by atoms with Crippen molar-refractivity contribution in [2.45, 2.75) is 22.6 Å². The minimum Gasteiger partial charge on any atom is -0.273 e. The van der Waals surface area contributed by atoms with Crippen LogP contribution in [0.3, 0.4) is 0 Å². The van der Waals surface area contributed by atoms with E-state index in [1.54, 1.807) is 11.8 Å². The average molecular weight is 428 g/mol. The summed E-state index contributed by atoms with van der Waals surface area (Å²) in [5, 5.41) is 4.95. The summed E-state index contributed by atoms with van der Waals surface area (Å²) in [7, 11) is -4.06. The van der Waals surface area contributed by atoms with Crippen LogP contribution in [-0.4, -0.2) is 26.0 Å². The van der Waals surface area contributed by atoms with Crippen LogP contribution < -0.4 is 16.0 Å². The summed E-state index contributed by atoms with van der Waals surface area (Å²) in [6, 6.07) is 13.4. The molecule has 0 aromatic heterocycles. The molecule has 0 heterocycles. The minimum atomic E-state index is -4.06. The number of primary sulfonamides is 1. The van der Waals surface area contributed by atoms with E-state index < -0.39 is 15.9 Å². The highest BCUT2D eigenvalue weighted by molar-refractivity contribution is 7.99. The van der Waals surface area contributed by atoms with E-state index in [1.807, 2.05) is 30.3 Å². The summed E-state index contributed by atoms with van der Waals surface area (Å²) in [6.45, 7) is 0. The maximum absolute atomic E-state index is 12.0. The van der Waals surface area contributed by atoms with Gasteiger partial charge in [0, 0.05) is 16.9 Å². The van der Waals surface area contributed by atoms with E-state index in [1.165, 1.54) is 12.1 Å².